The second-order valence-electron chi connectivity index (χ2n) is 2.97. The Morgan fingerprint density at radius 1 is 1.69 bits per heavy atom. The Hall–Kier alpha value is -1.21. The van der Waals surface area contributed by atoms with Crippen LogP contribution in [0.15, 0.2) is 6.07 Å². The van der Waals surface area contributed by atoms with Crippen LogP contribution in [-0.2, 0) is 0 Å². The molecule has 0 bridgehead atoms. The third-order valence-corrected chi connectivity index (χ3v) is 2.70. The third kappa shape index (κ3) is 3.42. The predicted molar refractivity (Wildman–Crippen MR) is 57.1 cm³/mol. The summed E-state index contributed by atoms with van der Waals surface area (Å²) in [5.74, 6) is -0.536. The summed E-state index contributed by atoms with van der Waals surface area (Å²) in [6.07, 6.45) is 0. The minimum Gasteiger partial charge on any atom is -0.433 e. The fourth-order valence-electron chi connectivity index (χ4n) is 1.10. The molecule has 0 unspecified atom stereocenters. The zero-order chi connectivity index (χ0) is 12.1. The summed E-state index contributed by atoms with van der Waals surface area (Å²) >= 11 is 1.10. The molecule has 0 radical (unpaired) electrons. The molecule has 1 amide bonds. The van der Waals surface area contributed by atoms with Crippen molar-refractivity contribution in [3.63, 3.8) is 0 Å². The van der Waals surface area contributed by atoms with Crippen LogP contribution in [-0.4, -0.2) is 25.6 Å². The van der Waals surface area contributed by atoms with Crippen molar-refractivity contribution in [2.45, 2.75) is 13.5 Å². The molecule has 0 atom stereocenters. The number of hydrogen-bond acceptors (Lipinski definition) is 4. The molecule has 3 N–H and O–H groups in total. The first kappa shape index (κ1) is 12.9. The zero-order valence-corrected chi connectivity index (χ0v) is 9.44. The van der Waals surface area contributed by atoms with Gasteiger partial charge in [0.15, 0.2) is 0 Å². The third-order valence-electron chi connectivity index (χ3n) is 1.67. The normalized spacial score (nSPS) is 10.6. The van der Waals surface area contributed by atoms with Gasteiger partial charge < -0.3 is 15.8 Å². The lowest BCUT2D eigenvalue weighted by Gasteiger charge is -2.05. The van der Waals surface area contributed by atoms with E-state index in [1.165, 1.54) is 6.07 Å². The molecule has 0 aliphatic rings. The molecule has 0 spiro atoms. The molecule has 1 heterocycles. The number of nitrogens with one attached hydrogen (secondary N) is 1. The lowest BCUT2D eigenvalue weighted by molar-refractivity contribution is -0.0498. The number of alkyl halides is 2. The van der Waals surface area contributed by atoms with Crippen LogP contribution in [0, 0.1) is 6.92 Å². The molecule has 0 saturated heterocycles. The van der Waals surface area contributed by atoms with Gasteiger partial charge in [-0.2, -0.15) is 8.78 Å². The van der Waals surface area contributed by atoms with E-state index >= 15 is 0 Å². The number of rotatable bonds is 5. The molecule has 0 aliphatic carbocycles. The van der Waals surface area contributed by atoms with Gasteiger partial charge in [-0.25, -0.2) is 0 Å². The van der Waals surface area contributed by atoms with Crippen LogP contribution in [0.3, 0.4) is 0 Å². The number of carbonyl (C=O) groups excluding carboxylic acids is 1. The van der Waals surface area contributed by atoms with Crippen LogP contribution in [0.25, 0.3) is 0 Å². The summed E-state index contributed by atoms with van der Waals surface area (Å²) in [5, 5.41) is 2.50. The Morgan fingerprint density at radius 3 is 2.94 bits per heavy atom. The standard InChI is InChI=1S/C9H12F2N2O2S/c1-5-4-6(15-9(10)11)7(16-5)8(14)13-3-2-12/h4,9H,2-3,12H2,1H3,(H,13,14). The van der Waals surface area contributed by atoms with Crippen LogP contribution in [0.4, 0.5) is 8.78 Å². The highest BCUT2D eigenvalue weighted by Gasteiger charge is 2.18. The van der Waals surface area contributed by atoms with E-state index in [1.807, 2.05) is 0 Å². The van der Waals surface area contributed by atoms with Crippen molar-refractivity contribution in [2.24, 2.45) is 5.73 Å². The second-order valence-corrected chi connectivity index (χ2v) is 4.23. The number of ether oxygens (including phenoxy) is 1. The van der Waals surface area contributed by atoms with Gasteiger partial charge in [-0.05, 0) is 13.0 Å². The van der Waals surface area contributed by atoms with E-state index in [1.54, 1.807) is 6.92 Å². The van der Waals surface area contributed by atoms with E-state index in [0.717, 1.165) is 16.2 Å². The number of thiophene rings is 1. The van der Waals surface area contributed by atoms with Crippen LogP contribution in [0.2, 0.25) is 0 Å². The van der Waals surface area contributed by atoms with Crippen molar-refractivity contribution in [1.82, 2.24) is 5.32 Å². The smallest absolute Gasteiger partial charge is 0.387 e. The average molecular weight is 250 g/mol. The highest BCUT2D eigenvalue weighted by Crippen LogP contribution is 2.29. The predicted octanol–water partition coefficient (Wildman–Crippen LogP) is 1.35. The van der Waals surface area contributed by atoms with Crippen LogP contribution in [0.5, 0.6) is 5.75 Å². The van der Waals surface area contributed by atoms with Gasteiger partial charge in [-0.3, -0.25) is 4.79 Å². The Labute approximate surface area is 95.4 Å². The summed E-state index contributed by atoms with van der Waals surface area (Å²) in [5.41, 5.74) is 5.22. The van der Waals surface area contributed by atoms with Crippen molar-refractivity contribution in [1.29, 1.82) is 0 Å². The number of amides is 1. The molecule has 1 rings (SSSR count). The van der Waals surface area contributed by atoms with E-state index < -0.39 is 12.5 Å². The number of hydrogen-bond donors (Lipinski definition) is 2. The van der Waals surface area contributed by atoms with Crippen molar-refractivity contribution in [3.8, 4) is 5.75 Å². The first-order valence-corrected chi connectivity index (χ1v) is 5.39. The maximum atomic E-state index is 12.1. The summed E-state index contributed by atoms with van der Waals surface area (Å²) in [6, 6.07) is 1.41. The average Bonchev–Trinajstić information content (AvgIpc) is 2.55. The van der Waals surface area contributed by atoms with E-state index in [9.17, 15) is 13.6 Å². The summed E-state index contributed by atoms with van der Waals surface area (Å²) in [7, 11) is 0. The lowest BCUT2D eigenvalue weighted by Crippen LogP contribution is -2.28. The van der Waals surface area contributed by atoms with Gasteiger partial charge in [0.2, 0.25) is 0 Å². The largest absolute Gasteiger partial charge is 0.433 e. The SMILES string of the molecule is Cc1cc(OC(F)F)c(C(=O)NCCN)s1. The number of carbonyl (C=O) groups is 1. The number of nitrogens with two attached hydrogens (primary N) is 1. The zero-order valence-electron chi connectivity index (χ0n) is 8.63. The highest BCUT2D eigenvalue weighted by atomic mass is 32.1. The fourth-order valence-corrected chi connectivity index (χ4v) is 1.96. The minimum atomic E-state index is -2.94. The Kier molecular flexibility index (Phi) is 4.63. The summed E-state index contributed by atoms with van der Waals surface area (Å²) < 4.78 is 28.4. The first-order valence-electron chi connectivity index (χ1n) is 4.58. The van der Waals surface area contributed by atoms with Crippen molar-refractivity contribution in [3.05, 3.63) is 15.8 Å². The Morgan fingerprint density at radius 2 is 2.38 bits per heavy atom. The summed E-state index contributed by atoms with van der Waals surface area (Å²) in [6.45, 7) is -0.636. The van der Waals surface area contributed by atoms with Crippen molar-refractivity contribution in [2.75, 3.05) is 13.1 Å². The molecule has 16 heavy (non-hydrogen) atoms. The molecular formula is C9H12F2N2O2S. The van der Waals surface area contributed by atoms with Gasteiger partial charge in [0, 0.05) is 18.0 Å². The highest BCUT2D eigenvalue weighted by molar-refractivity contribution is 7.14. The van der Waals surface area contributed by atoms with E-state index in [-0.39, 0.29) is 10.6 Å². The first-order chi connectivity index (χ1) is 7.54. The van der Waals surface area contributed by atoms with Crippen LogP contribution in [0.1, 0.15) is 14.5 Å². The van der Waals surface area contributed by atoms with Crippen molar-refractivity contribution >= 4 is 17.2 Å². The molecule has 7 heteroatoms. The Balaban J connectivity index is 2.81. The number of aryl methyl sites for hydroxylation is 1. The fraction of sp³-hybridized carbons (Fsp3) is 0.444. The van der Waals surface area contributed by atoms with E-state index in [2.05, 4.69) is 10.1 Å². The van der Waals surface area contributed by atoms with Gasteiger partial charge in [0.1, 0.15) is 10.6 Å². The second kappa shape index (κ2) is 5.76. The maximum absolute atomic E-state index is 12.1. The van der Waals surface area contributed by atoms with E-state index in [0.29, 0.717) is 13.1 Å². The lowest BCUT2D eigenvalue weighted by atomic mass is 10.3. The monoisotopic (exact) mass is 250 g/mol. The topological polar surface area (TPSA) is 64.3 Å². The molecule has 4 nitrogen and oxygen atoms in total. The van der Waals surface area contributed by atoms with E-state index in [4.69, 9.17) is 5.73 Å². The molecule has 0 aromatic carbocycles. The van der Waals surface area contributed by atoms with Gasteiger partial charge in [0.05, 0.1) is 0 Å². The minimum absolute atomic E-state index is 0.0907. The van der Waals surface area contributed by atoms with Gasteiger partial charge in [-0.1, -0.05) is 0 Å². The number of halogens is 2. The molecule has 0 saturated carbocycles. The molecular weight excluding hydrogens is 238 g/mol. The van der Waals surface area contributed by atoms with Gasteiger partial charge in [0.25, 0.3) is 5.91 Å². The maximum Gasteiger partial charge on any atom is 0.387 e. The Bertz CT molecular complexity index is 368. The molecule has 90 valence electrons. The summed E-state index contributed by atoms with van der Waals surface area (Å²) in [4.78, 5) is 12.4. The van der Waals surface area contributed by atoms with Crippen molar-refractivity contribution < 1.29 is 18.3 Å². The van der Waals surface area contributed by atoms with Gasteiger partial charge in [-0.15, -0.1) is 11.3 Å². The van der Waals surface area contributed by atoms with Crippen LogP contribution >= 0.6 is 11.3 Å². The molecule has 1 aromatic rings. The van der Waals surface area contributed by atoms with Gasteiger partial charge >= 0.3 is 6.61 Å². The molecule has 0 aliphatic heterocycles. The molecule has 1 aromatic heterocycles. The van der Waals surface area contributed by atoms with Crippen LogP contribution < -0.4 is 15.8 Å². The molecule has 0 fully saturated rings. The quantitative estimate of drug-likeness (QED) is 0.829.